The summed E-state index contributed by atoms with van der Waals surface area (Å²) in [6, 6.07) is 5.46. The van der Waals surface area contributed by atoms with Gasteiger partial charge < -0.3 is 9.32 Å². The van der Waals surface area contributed by atoms with Crippen molar-refractivity contribution in [1.29, 1.82) is 0 Å². The maximum absolute atomic E-state index is 14.0. The first-order chi connectivity index (χ1) is 14.3. The molecule has 1 aliphatic heterocycles. The Kier molecular flexibility index (Phi) is 5.10. The van der Waals surface area contributed by atoms with Crippen molar-refractivity contribution < 1.29 is 22.0 Å². The molecule has 2 aromatic heterocycles. The van der Waals surface area contributed by atoms with Crippen LogP contribution in [0.1, 0.15) is 34.5 Å². The molecule has 2 N–H and O–H groups in total. The van der Waals surface area contributed by atoms with Gasteiger partial charge in [-0.15, -0.1) is 0 Å². The number of sulfonamides is 1. The van der Waals surface area contributed by atoms with E-state index in [1.807, 2.05) is 0 Å². The van der Waals surface area contributed by atoms with Crippen LogP contribution in [0, 0.1) is 19.7 Å². The SMILES string of the molecule is Cc1ccc(F)c(NS(=O)(=O)c2cc(-c3[nH]ncc3C(=O)N3CCCC3)oc2C)c1. The fourth-order valence-electron chi connectivity index (χ4n) is 3.50. The van der Waals surface area contributed by atoms with Crippen molar-refractivity contribution in [2.45, 2.75) is 31.6 Å². The van der Waals surface area contributed by atoms with Gasteiger partial charge in [-0.3, -0.25) is 14.6 Å². The minimum atomic E-state index is -4.12. The quantitative estimate of drug-likeness (QED) is 0.642. The number of carbonyl (C=O) groups excluding carboxylic acids is 1. The number of rotatable bonds is 5. The average molecular weight is 432 g/mol. The molecule has 3 heterocycles. The molecule has 158 valence electrons. The minimum absolute atomic E-state index is 0.111. The summed E-state index contributed by atoms with van der Waals surface area (Å²) in [5.41, 5.74) is 1.18. The smallest absolute Gasteiger partial charge is 0.265 e. The maximum Gasteiger partial charge on any atom is 0.265 e. The molecule has 0 atom stereocenters. The number of likely N-dealkylation sites (tertiary alicyclic amines) is 1. The highest BCUT2D eigenvalue weighted by atomic mass is 32.2. The van der Waals surface area contributed by atoms with E-state index in [1.54, 1.807) is 17.9 Å². The van der Waals surface area contributed by atoms with Crippen LogP contribution in [0.2, 0.25) is 0 Å². The van der Waals surface area contributed by atoms with Gasteiger partial charge >= 0.3 is 0 Å². The Morgan fingerprint density at radius 3 is 2.70 bits per heavy atom. The van der Waals surface area contributed by atoms with Crippen LogP contribution in [0.5, 0.6) is 0 Å². The largest absolute Gasteiger partial charge is 0.458 e. The van der Waals surface area contributed by atoms with Crippen LogP contribution in [0.3, 0.4) is 0 Å². The number of aryl methyl sites for hydroxylation is 2. The van der Waals surface area contributed by atoms with Gasteiger partial charge in [-0.2, -0.15) is 5.10 Å². The number of hydrogen-bond donors (Lipinski definition) is 2. The third-order valence-corrected chi connectivity index (χ3v) is 6.51. The van der Waals surface area contributed by atoms with Crippen molar-refractivity contribution in [3.05, 3.63) is 53.2 Å². The Hall–Kier alpha value is -3.14. The van der Waals surface area contributed by atoms with Gasteiger partial charge in [-0.25, -0.2) is 12.8 Å². The molecular formula is C20H21FN4O4S. The summed E-state index contributed by atoms with van der Waals surface area (Å²) in [6.45, 7) is 4.57. The molecule has 1 saturated heterocycles. The lowest BCUT2D eigenvalue weighted by atomic mass is 10.2. The lowest BCUT2D eigenvalue weighted by Gasteiger charge is -2.14. The van der Waals surface area contributed by atoms with E-state index in [0.717, 1.165) is 12.8 Å². The van der Waals surface area contributed by atoms with Gasteiger partial charge in [0, 0.05) is 19.2 Å². The standard InChI is InChI=1S/C20H21FN4O4S/c1-12-5-6-15(21)16(9-12)24-30(27,28)18-10-17(29-13(18)2)19-14(11-22-23-19)20(26)25-7-3-4-8-25/h5-6,9-11,24H,3-4,7-8H2,1-2H3,(H,22,23). The van der Waals surface area contributed by atoms with E-state index in [9.17, 15) is 17.6 Å². The number of amides is 1. The van der Waals surface area contributed by atoms with Crippen LogP contribution in [-0.4, -0.2) is 42.5 Å². The number of H-pyrrole nitrogens is 1. The van der Waals surface area contributed by atoms with Crippen LogP contribution in [-0.2, 0) is 10.0 Å². The van der Waals surface area contributed by atoms with Gasteiger partial charge in [-0.05, 0) is 44.4 Å². The fraction of sp³-hybridized carbons (Fsp3) is 0.300. The third kappa shape index (κ3) is 3.70. The molecular weight excluding hydrogens is 411 g/mol. The Labute approximate surface area is 173 Å². The second-order valence-corrected chi connectivity index (χ2v) is 8.93. The summed E-state index contributed by atoms with van der Waals surface area (Å²) in [6.07, 6.45) is 3.30. The number of benzene rings is 1. The highest BCUT2D eigenvalue weighted by Crippen LogP contribution is 2.31. The second kappa shape index (κ2) is 7.60. The Bertz CT molecular complexity index is 1210. The molecule has 8 nitrogen and oxygen atoms in total. The predicted molar refractivity (Wildman–Crippen MR) is 108 cm³/mol. The van der Waals surface area contributed by atoms with Gasteiger partial charge in [0.05, 0.1) is 17.4 Å². The van der Waals surface area contributed by atoms with Crippen LogP contribution >= 0.6 is 0 Å². The molecule has 1 aliphatic rings. The second-order valence-electron chi connectivity index (χ2n) is 7.28. The molecule has 3 aromatic rings. The highest BCUT2D eigenvalue weighted by Gasteiger charge is 2.28. The van der Waals surface area contributed by atoms with Crippen LogP contribution in [0.15, 0.2) is 39.8 Å². The van der Waals surface area contributed by atoms with Gasteiger partial charge in [0.1, 0.15) is 22.2 Å². The lowest BCUT2D eigenvalue weighted by Crippen LogP contribution is -2.27. The number of nitrogens with one attached hydrogen (secondary N) is 2. The predicted octanol–water partition coefficient (Wildman–Crippen LogP) is 3.46. The molecule has 0 radical (unpaired) electrons. The summed E-state index contributed by atoms with van der Waals surface area (Å²) >= 11 is 0. The average Bonchev–Trinajstić information content (AvgIpc) is 3.43. The minimum Gasteiger partial charge on any atom is -0.458 e. The molecule has 10 heteroatoms. The fourth-order valence-corrected chi connectivity index (χ4v) is 4.74. The number of furan rings is 1. The Morgan fingerprint density at radius 1 is 1.23 bits per heavy atom. The van der Waals surface area contributed by atoms with E-state index in [1.165, 1.54) is 31.3 Å². The first-order valence-electron chi connectivity index (χ1n) is 9.48. The number of aromatic amines is 1. The van der Waals surface area contributed by atoms with Crippen molar-refractivity contribution in [3.63, 3.8) is 0 Å². The van der Waals surface area contributed by atoms with Gasteiger partial charge in [0.15, 0.2) is 5.76 Å². The van der Waals surface area contributed by atoms with Gasteiger partial charge in [-0.1, -0.05) is 6.07 Å². The summed E-state index contributed by atoms with van der Waals surface area (Å²) in [4.78, 5) is 14.3. The highest BCUT2D eigenvalue weighted by molar-refractivity contribution is 7.92. The number of hydrogen-bond acceptors (Lipinski definition) is 5. The summed E-state index contributed by atoms with van der Waals surface area (Å²) in [7, 11) is -4.12. The molecule has 0 spiro atoms. The number of carbonyl (C=O) groups is 1. The van der Waals surface area contributed by atoms with Crippen LogP contribution in [0.25, 0.3) is 11.5 Å². The van der Waals surface area contributed by atoms with Crippen molar-refractivity contribution >= 4 is 21.6 Å². The first-order valence-corrected chi connectivity index (χ1v) is 11.0. The maximum atomic E-state index is 14.0. The molecule has 0 saturated carbocycles. The van der Waals surface area contributed by atoms with Crippen molar-refractivity contribution in [1.82, 2.24) is 15.1 Å². The summed E-state index contributed by atoms with van der Waals surface area (Å²) < 4.78 is 47.6. The number of anilines is 1. The molecule has 1 fully saturated rings. The van der Waals surface area contributed by atoms with Crippen molar-refractivity contribution in [3.8, 4) is 11.5 Å². The van der Waals surface area contributed by atoms with E-state index in [0.29, 0.717) is 29.9 Å². The number of nitrogens with zero attached hydrogens (tertiary/aromatic N) is 2. The van der Waals surface area contributed by atoms with E-state index < -0.39 is 15.8 Å². The van der Waals surface area contributed by atoms with E-state index in [4.69, 9.17) is 4.42 Å². The molecule has 0 bridgehead atoms. The van der Waals surface area contributed by atoms with Crippen molar-refractivity contribution in [2.24, 2.45) is 0 Å². The van der Waals surface area contributed by atoms with E-state index >= 15 is 0 Å². The zero-order chi connectivity index (χ0) is 21.5. The number of aromatic nitrogens is 2. The van der Waals surface area contributed by atoms with Crippen LogP contribution < -0.4 is 4.72 Å². The zero-order valence-corrected chi connectivity index (χ0v) is 17.3. The van der Waals surface area contributed by atoms with E-state index in [-0.39, 0.29) is 28.0 Å². The Balaban J connectivity index is 1.66. The normalized spacial score (nSPS) is 14.3. The molecule has 1 amide bonds. The molecule has 30 heavy (non-hydrogen) atoms. The summed E-state index contributed by atoms with van der Waals surface area (Å²) in [5.74, 6) is -0.593. The van der Waals surface area contributed by atoms with E-state index in [2.05, 4.69) is 14.9 Å². The molecule has 0 aliphatic carbocycles. The monoisotopic (exact) mass is 432 g/mol. The summed E-state index contributed by atoms with van der Waals surface area (Å²) in [5, 5.41) is 6.65. The first kappa shape index (κ1) is 20.1. The molecule has 1 aromatic carbocycles. The lowest BCUT2D eigenvalue weighted by molar-refractivity contribution is 0.0793. The van der Waals surface area contributed by atoms with Gasteiger partial charge in [0.2, 0.25) is 0 Å². The van der Waals surface area contributed by atoms with Gasteiger partial charge in [0.25, 0.3) is 15.9 Å². The Morgan fingerprint density at radius 2 is 1.97 bits per heavy atom. The molecule has 4 rings (SSSR count). The topological polar surface area (TPSA) is 108 Å². The third-order valence-electron chi connectivity index (χ3n) is 5.04. The number of halogens is 1. The zero-order valence-electron chi connectivity index (χ0n) is 16.5. The molecule has 0 unspecified atom stereocenters. The van der Waals surface area contributed by atoms with Crippen LogP contribution in [0.4, 0.5) is 10.1 Å². The van der Waals surface area contributed by atoms with Crippen molar-refractivity contribution in [2.75, 3.05) is 17.8 Å².